The monoisotopic (exact) mass is 304 g/mol. The summed E-state index contributed by atoms with van der Waals surface area (Å²) in [5, 5.41) is 3.96. The molecule has 0 saturated carbocycles. The van der Waals surface area contributed by atoms with Gasteiger partial charge in [-0.15, -0.1) is 0 Å². The summed E-state index contributed by atoms with van der Waals surface area (Å²) >= 11 is 0. The smallest absolute Gasteiger partial charge is 0.251 e. The predicted octanol–water partition coefficient (Wildman–Crippen LogP) is 3.94. The molecule has 3 nitrogen and oxygen atoms in total. The van der Waals surface area contributed by atoms with Crippen molar-refractivity contribution in [1.29, 1.82) is 0 Å². The number of rotatable bonds is 5. The van der Waals surface area contributed by atoms with Crippen molar-refractivity contribution in [2.75, 3.05) is 7.05 Å². The Hall–Kier alpha value is -1.46. The van der Waals surface area contributed by atoms with Gasteiger partial charge in [0.25, 0.3) is 5.91 Å². The van der Waals surface area contributed by atoms with Gasteiger partial charge in [-0.2, -0.15) is 0 Å². The zero-order chi connectivity index (χ0) is 14.4. The lowest BCUT2D eigenvalue weighted by molar-refractivity contribution is 0.0963. The van der Waals surface area contributed by atoms with E-state index in [0.29, 0.717) is 10.8 Å². The normalized spacial score (nSPS) is 11.9. The van der Waals surface area contributed by atoms with Gasteiger partial charge in [0.15, 0.2) is 0 Å². The number of carbonyl (C=O) groups excluding carboxylic acids is 1. The van der Waals surface area contributed by atoms with Crippen LogP contribution in [0.3, 0.4) is 0 Å². The molecule has 104 valence electrons. The van der Waals surface area contributed by atoms with Gasteiger partial charge >= 0.3 is 0 Å². The van der Waals surface area contributed by atoms with Crippen molar-refractivity contribution in [3.8, 4) is 0 Å². The Kier molecular flexibility index (Phi) is 5.49. The maximum Gasteiger partial charge on any atom is 0.251 e. The molecular weight excluding hydrogens is 288 g/mol. The predicted molar refractivity (Wildman–Crippen MR) is 85.9 cm³/mol. The minimum absolute atomic E-state index is 0.0558. The fraction of sp³-hybridized carbons (Fsp3) is 0.200. The summed E-state index contributed by atoms with van der Waals surface area (Å²) in [7, 11) is 5.06. The molecule has 1 atom stereocenters. The second-order valence-corrected chi connectivity index (χ2v) is 6.75. The van der Waals surface area contributed by atoms with E-state index in [1.165, 1.54) is 5.56 Å². The highest BCUT2D eigenvalue weighted by Gasteiger charge is 2.09. The Labute approximate surface area is 127 Å². The first-order valence-electron chi connectivity index (χ1n) is 6.27. The van der Waals surface area contributed by atoms with Crippen LogP contribution in [-0.4, -0.2) is 17.9 Å². The molecule has 1 heterocycles. The summed E-state index contributed by atoms with van der Waals surface area (Å²) in [6, 6.07) is 13.6. The van der Waals surface area contributed by atoms with E-state index < -0.39 is 0 Å². The second kappa shape index (κ2) is 7.36. The van der Waals surface area contributed by atoms with Crippen molar-refractivity contribution < 1.29 is 4.79 Å². The molecule has 2 rings (SSSR count). The van der Waals surface area contributed by atoms with Crippen molar-refractivity contribution in [2.45, 2.75) is 17.2 Å². The average Bonchev–Trinajstić information content (AvgIpc) is 2.53. The molecule has 0 aliphatic rings. The molecule has 1 N–H and O–H groups in total. The van der Waals surface area contributed by atoms with Crippen LogP contribution >= 0.6 is 21.6 Å². The first kappa shape index (κ1) is 14.9. The van der Waals surface area contributed by atoms with E-state index >= 15 is 0 Å². The van der Waals surface area contributed by atoms with Crippen LogP contribution in [0.4, 0.5) is 0 Å². The Balaban J connectivity index is 1.95. The number of benzene rings is 1. The highest BCUT2D eigenvalue weighted by molar-refractivity contribution is 8.76. The maximum atomic E-state index is 11.5. The van der Waals surface area contributed by atoms with Crippen LogP contribution in [0.25, 0.3) is 0 Å². The van der Waals surface area contributed by atoms with Gasteiger partial charge in [-0.05, 0) is 47.5 Å². The third-order valence-electron chi connectivity index (χ3n) is 2.78. The number of pyridine rings is 1. The molecule has 1 aromatic carbocycles. The summed E-state index contributed by atoms with van der Waals surface area (Å²) < 4.78 is 0. The zero-order valence-corrected chi connectivity index (χ0v) is 13.0. The average molecular weight is 304 g/mol. The molecule has 0 radical (unpaired) electrons. The third kappa shape index (κ3) is 4.02. The van der Waals surface area contributed by atoms with Gasteiger partial charge in [-0.1, -0.05) is 29.0 Å². The van der Waals surface area contributed by atoms with Gasteiger partial charge in [0.05, 0.1) is 0 Å². The molecule has 0 fully saturated rings. The van der Waals surface area contributed by atoms with Crippen LogP contribution in [0.1, 0.15) is 28.1 Å². The highest BCUT2D eigenvalue weighted by atomic mass is 33.1. The molecule has 1 amide bonds. The standard InChI is InChI=1S/C15H16N2OS2/c1-11(19-20-14-5-3-4-10-17-14)12-6-8-13(9-7-12)15(18)16-2/h3-11H,1-2H3,(H,16,18). The molecule has 1 aromatic heterocycles. The first-order valence-corrected chi connectivity index (χ1v) is 8.48. The van der Waals surface area contributed by atoms with Crippen molar-refractivity contribution >= 4 is 27.5 Å². The Bertz CT molecular complexity index is 558. The molecular formula is C15H16N2OS2. The fourth-order valence-electron chi connectivity index (χ4n) is 1.62. The van der Waals surface area contributed by atoms with E-state index in [4.69, 9.17) is 0 Å². The lowest BCUT2D eigenvalue weighted by atomic mass is 10.1. The van der Waals surface area contributed by atoms with Crippen LogP contribution in [-0.2, 0) is 0 Å². The fourth-order valence-corrected chi connectivity index (χ4v) is 3.73. The third-order valence-corrected chi connectivity index (χ3v) is 5.52. The van der Waals surface area contributed by atoms with Crippen LogP contribution in [0.2, 0.25) is 0 Å². The molecule has 0 bridgehead atoms. The number of nitrogens with one attached hydrogen (secondary N) is 1. The van der Waals surface area contributed by atoms with Crippen molar-refractivity contribution in [3.63, 3.8) is 0 Å². The minimum atomic E-state index is -0.0558. The topological polar surface area (TPSA) is 42.0 Å². The molecule has 1 unspecified atom stereocenters. The summed E-state index contributed by atoms with van der Waals surface area (Å²) in [6.45, 7) is 2.15. The van der Waals surface area contributed by atoms with E-state index in [2.05, 4.69) is 17.2 Å². The lowest BCUT2D eigenvalue weighted by Crippen LogP contribution is -2.17. The Morgan fingerprint density at radius 3 is 2.55 bits per heavy atom. The number of hydrogen-bond acceptors (Lipinski definition) is 4. The first-order chi connectivity index (χ1) is 9.70. The molecule has 0 spiro atoms. The van der Waals surface area contributed by atoms with Crippen LogP contribution < -0.4 is 5.32 Å². The summed E-state index contributed by atoms with van der Waals surface area (Å²) in [5.41, 5.74) is 1.89. The molecule has 0 aliphatic carbocycles. The van der Waals surface area contributed by atoms with Crippen LogP contribution in [0, 0.1) is 0 Å². The summed E-state index contributed by atoms with van der Waals surface area (Å²) in [4.78, 5) is 15.8. The van der Waals surface area contributed by atoms with Gasteiger partial charge in [0.2, 0.25) is 0 Å². The Morgan fingerprint density at radius 2 is 1.95 bits per heavy atom. The van der Waals surface area contributed by atoms with Gasteiger partial charge in [-0.25, -0.2) is 4.98 Å². The van der Waals surface area contributed by atoms with Crippen molar-refractivity contribution in [3.05, 3.63) is 59.8 Å². The van der Waals surface area contributed by atoms with E-state index in [0.717, 1.165) is 5.03 Å². The van der Waals surface area contributed by atoms with Crippen molar-refractivity contribution in [1.82, 2.24) is 10.3 Å². The SMILES string of the molecule is CNC(=O)c1ccc(C(C)SSc2ccccn2)cc1. The van der Waals surface area contributed by atoms with E-state index in [-0.39, 0.29) is 5.91 Å². The second-order valence-electron chi connectivity index (χ2n) is 4.19. The maximum absolute atomic E-state index is 11.5. The summed E-state index contributed by atoms with van der Waals surface area (Å²) in [5.74, 6) is -0.0558. The van der Waals surface area contributed by atoms with Gasteiger partial charge in [0.1, 0.15) is 5.03 Å². The van der Waals surface area contributed by atoms with Gasteiger partial charge in [-0.3, -0.25) is 4.79 Å². The number of hydrogen-bond donors (Lipinski definition) is 1. The molecule has 0 aliphatic heterocycles. The van der Waals surface area contributed by atoms with Crippen molar-refractivity contribution in [2.24, 2.45) is 0 Å². The van der Waals surface area contributed by atoms with Gasteiger partial charge in [0, 0.05) is 24.1 Å². The van der Waals surface area contributed by atoms with E-state index in [1.54, 1.807) is 34.8 Å². The lowest BCUT2D eigenvalue weighted by Gasteiger charge is -2.11. The molecule has 0 saturated heterocycles. The molecule has 2 aromatic rings. The minimum Gasteiger partial charge on any atom is -0.355 e. The number of aromatic nitrogens is 1. The van der Waals surface area contributed by atoms with Gasteiger partial charge < -0.3 is 5.32 Å². The van der Waals surface area contributed by atoms with E-state index in [9.17, 15) is 4.79 Å². The van der Waals surface area contributed by atoms with Crippen LogP contribution in [0.5, 0.6) is 0 Å². The number of carbonyl (C=O) groups is 1. The number of nitrogens with zero attached hydrogens (tertiary/aromatic N) is 1. The largest absolute Gasteiger partial charge is 0.355 e. The van der Waals surface area contributed by atoms with E-state index in [1.807, 2.05) is 42.5 Å². The zero-order valence-electron chi connectivity index (χ0n) is 11.4. The quantitative estimate of drug-likeness (QED) is 0.850. The highest BCUT2D eigenvalue weighted by Crippen LogP contribution is 2.41. The molecule has 5 heteroatoms. The number of amides is 1. The van der Waals surface area contributed by atoms with Crippen LogP contribution in [0.15, 0.2) is 53.7 Å². The molecule has 20 heavy (non-hydrogen) atoms. The summed E-state index contributed by atoms with van der Waals surface area (Å²) in [6.07, 6.45) is 1.80. The Morgan fingerprint density at radius 1 is 1.20 bits per heavy atom.